The van der Waals surface area contributed by atoms with Gasteiger partial charge in [0.05, 0.1) is 2.74 Å². The van der Waals surface area contributed by atoms with Crippen LogP contribution in [0, 0.1) is 0 Å². The van der Waals surface area contributed by atoms with Crippen LogP contribution in [0.3, 0.4) is 0 Å². The molecule has 0 bridgehead atoms. The third-order valence-electron chi connectivity index (χ3n) is 0.641. The number of phenolic OH excluding ortho intramolecular Hbond substituents is 1. The number of benzene rings is 1. The van der Waals surface area contributed by atoms with Crippen molar-refractivity contribution in [3.63, 3.8) is 0 Å². The van der Waals surface area contributed by atoms with Crippen LogP contribution >= 0.6 is 0 Å². The van der Waals surface area contributed by atoms with E-state index in [-0.39, 0.29) is 17.8 Å². The molecule has 36 valence electrons. The van der Waals surface area contributed by atoms with Gasteiger partial charge in [-0.3, -0.25) is 0 Å². The molecule has 0 aromatic heterocycles. The van der Waals surface area contributed by atoms with Crippen LogP contribution in [0.5, 0.6) is 5.75 Å². The average Bonchev–Trinajstić information content (AvgIpc) is 1.80. The van der Waals surface area contributed by atoms with Crippen LogP contribution in [-0.2, 0) is 0 Å². The molecule has 1 rings (SSSR count). The van der Waals surface area contributed by atoms with Gasteiger partial charge in [-0.15, -0.1) is 0 Å². The summed E-state index contributed by atoms with van der Waals surface area (Å²) < 4.78 is 14.0. The summed E-state index contributed by atoms with van der Waals surface area (Å²) in [5.41, 5.74) is 0. The van der Waals surface area contributed by atoms with Crippen molar-refractivity contribution in [3.8, 4) is 5.75 Å². The fourth-order valence-electron chi connectivity index (χ4n) is 0.339. The predicted molar refractivity (Wildman–Crippen MR) is 28.1 cm³/mol. The van der Waals surface area contributed by atoms with Crippen molar-refractivity contribution in [3.05, 3.63) is 30.3 Å². The number of hydrogen-bond donors (Lipinski definition) is 1. The van der Waals surface area contributed by atoms with Crippen LogP contribution in [0.25, 0.3) is 0 Å². The second kappa shape index (κ2) is 1.65. The van der Waals surface area contributed by atoms with E-state index in [4.69, 9.17) is 7.85 Å². The molecule has 0 saturated carbocycles. The Morgan fingerprint density at radius 1 is 1.57 bits per heavy atom. The van der Waals surface area contributed by atoms with Crippen molar-refractivity contribution in [1.29, 1.82) is 0 Å². The Morgan fingerprint density at radius 3 is 3.00 bits per heavy atom. The maximum absolute atomic E-state index is 8.77. The minimum Gasteiger partial charge on any atom is -0.508 e. The van der Waals surface area contributed by atoms with Crippen molar-refractivity contribution >= 4 is 0 Å². The highest BCUT2D eigenvalue weighted by Gasteiger charge is 1.74. The monoisotopic (exact) mass is 96.1 g/mol. The summed E-state index contributed by atoms with van der Waals surface area (Å²) in [6, 6.07) is 4.31. The standard InChI is InChI=1S/C6H6O/c7-6-4-2-1-3-5-6/h1-5,7H/i1D,4D. The largest absolute Gasteiger partial charge is 0.508 e. The molecule has 0 aliphatic carbocycles. The van der Waals surface area contributed by atoms with Gasteiger partial charge in [-0.2, -0.15) is 0 Å². The first-order chi connectivity index (χ1) is 4.20. The number of rotatable bonds is 0. The highest BCUT2D eigenvalue weighted by molar-refractivity contribution is 5.18. The summed E-state index contributed by atoms with van der Waals surface area (Å²) in [4.78, 5) is 0. The second-order valence-corrected chi connectivity index (χ2v) is 1.17. The molecule has 0 aliphatic heterocycles. The number of phenols is 1. The van der Waals surface area contributed by atoms with Crippen LogP contribution in [0.2, 0.25) is 0 Å². The Kier molecular flexibility index (Phi) is 0.555. The molecule has 0 atom stereocenters. The number of hydrogen-bond acceptors (Lipinski definition) is 1. The fourth-order valence-corrected chi connectivity index (χ4v) is 0.339. The van der Waals surface area contributed by atoms with Gasteiger partial charge in [-0.25, -0.2) is 0 Å². The molecule has 0 heterocycles. The Hall–Kier alpha value is -0.980. The van der Waals surface area contributed by atoms with E-state index in [0.29, 0.717) is 0 Å². The van der Waals surface area contributed by atoms with Gasteiger partial charge in [0, 0.05) is 0 Å². The molecule has 1 heteroatoms. The van der Waals surface area contributed by atoms with E-state index < -0.39 is 0 Å². The quantitative estimate of drug-likeness (QED) is 0.517. The van der Waals surface area contributed by atoms with E-state index in [1.165, 1.54) is 18.2 Å². The van der Waals surface area contributed by atoms with Gasteiger partial charge in [0.15, 0.2) is 0 Å². The molecule has 0 amide bonds. The predicted octanol–water partition coefficient (Wildman–Crippen LogP) is 1.39. The summed E-state index contributed by atoms with van der Waals surface area (Å²) in [5, 5.41) is 8.77. The Bertz CT molecular complexity index is 222. The Labute approximate surface area is 45.0 Å². The summed E-state index contributed by atoms with van der Waals surface area (Å²) in [6.45, 7) is 0. The molecule has 1 nitrogen and oxygen atoms in total. The lowest BCUT2D eigenvalue weighted by molar-refractivity contribution is 0.475. The highest BCUT2D eigenvalue weighted by Crippen LogP contribution is 2.02. The number of para-hydroxylation sites is 1. The van der Waals surface area contributed by atoms with Gasteiger partial charge in [-0.1, -0.05) is 18.2 Å². The minimum absolute atomic E-state index is 0.00231. The van der Waals surface area contributed by atoms with Crippen molar-refractivity contribution < 1.29 is 7.85 Å². The zero-order valence-corrected chi connectivity index (χ0v) is 3.68. The maximum Gasteiger partial charge on any atom is 0.115 e. The molecule has 0 radical (unpaired) electrons. The lowest BCUT2D eigenvalue weighted by Crippen LogP contribution is -1.56. The van der Waals surface area contributed by atoms with Crippen LogP contribution in [0.4, 0.5) is 0 Å². The molecular formula is C6H6O. The zero-order valence-electron chi connectivity index (χ0n) is 5.68. The van der Waals surface area contributed by atoms with Gasteiger partial charge in [0.2, 0.25) is 0 Å². The molecule has 1 aromatic rings. The minimum atomic E-state index is -0.0778. The summed E-state index contributed by atoms with van der Waals surface area (Å²) in [6.07, 6.45) is 0. The molecule has 1 N–H and O–H groups in total. The summed E-state index contributed by atoms with van der Waals surface area (Å²) in [7, 11) is 0. The van der Waals surface area contributed by atoms with Crippen LogP contribution in [0.15, 0.2) is 30.3 Å². The van der Waals surface area contributed by atoms with Gasteiger partial charge >= 0.3 is 0 Å². The molecule has 0 fully saturated rings. The first kappa shape index (κ1) is 2.36. The molecular weight excluding hydrogens is 88.1 g/mol. The molecule has 1 aromatic carbocycles. The third-order valence-corrected chi connectivity index (χ3v) is 0.641. The van der Waals surface area contributed by atoms with Gasteiger partial charge in [0.1, 0.15) is 5.75 Å². The average molecular weight is 96.1 g/mol. The number of aromatic hydroxyl groups is 1. The van der Waals surface area contributed by atoms with Gasteiger partial charge in [-0.05, 0) is 12.1 Å². The summed E-state index contributed by atoms with van der Waals surface area (Å²) >= 11 is 0. The van der Waals surface area contributed by atoms with Crippen LogP contribution < -0.4 is 0 Å². The van der Waals surface area contributed by atoms with E-state index in [9.17, 15) is 0 Å². The first-order valence-corrected chi connectivity index (χ1v) is 1.96. The molecule has 7 heavy (non-hydrogen) atoms. The van der Waals surface area contributed by atoms with Gasteiger partial charge in [0.25, 0.3) is 0 Å². The lowest BCUT2D eigenvalue weighted by atomic mass is 10.3. The summed E-state index contributed by atoms with van der Waals surface area (Å²) in [5.74, 6) is -0.0778. The molecule has 0 saturated heterocycles. The second-order valence-electron chi connectivity index (χ2n) is 1.17. The van der Waals surface area contributed by atoms with Crippen molar-refractivity contribution in [2.24, 2.45) is 0 Å². The lowest BCUT2D eigenvalue weighted by Gasteiger charge is -1.82. The van der Waals surface area contributed by atoms with E-state index in [1.807, 2.05) is 0 Å². The van der Waals surface area contributed by atoms with Gasteiger partial charge < -0.3 is 5.11 Å². The Balaban J connectivity index is 3.17. The van der Waals surface area contributed by atoms with E-state index in [1.54, 1.807) is 0 Å². The third kappa shape index (κ3) is 0.929. The molecule has 0 aliphatic rings. The SMILES string of the molecule is [2H]c1ccc(O)c([2H])c1. The first-order valence-electron chi connectivity index (χ1n) is 2.96. The van der Waals surface area contributed by atoms with Crippen molar-refractivity contribution in [2.45, 2.75) is 0 Å². The highest BCUT2D eigenvalue weighted by atomic mass is 16.3. The zero-order chi connectivity index (χ0) is 6.85. The Morgan fingerprint density at radius 2 is 2.43 bits per heavy atom. The maximum atomic E-state index is 8.77. The topological polar surface area (TPSA) is 20.2 Å². The fraction of sp³-hybridized carbons (Fsp3) is 0. The van der Waals surface area contributed by atoms with Crippen molar-refractivity contribution in [2.75, 3.05) is 0 Å². The van der Waals surface area contributed by atoms with Crippen molar-refractivity contribution in [1.82, 2.24) is 0 Å². The molecule has 0 unspecified atom stereocenters. The normalized spacial score (nSPS) is 12.6. The van der Waals surface area contributed by atoms with Crippen LogP contribution in [0.1, 0.15) is 2.74 Å². The molecule has 0 spiro atoms. The van der Waals surface area contributed by atoms with E-state index in [2.05, 4.69) is 0 Å². The van der Waals surface area contributed by atoms with E-state index >= 15 is 0 Å². The van der Waals surface area contributed by atoms with Crippen LogP contribution in [-0.4, -0.2) is 5.11 Å². The van der Waals surface area contributed by atoms with E-state index in [0.717, 1.165) is 0 Å². The smallest absolute Gasteiger partial charge is 0.115 e.